The van der Waals surface area contributed by atoms with Gasteiger partial charge in [-0.15, -0.1) is 11.8 Å². The summed E-state index contributed by atoms with van der Waals surface area (Å²) in [5, 5.41) is 2.71. The van der Waals surface area contributed by atoms with Gasteiger partial charge in [0.05, 0.1) is 17.0 Å². The van der Waals surface area contributed by atoms with E-state index in [-0.39, 0.29) is 11.3 Å². The Morgan fingerprint density at radius 2 is 1.95 bits per heavy atom. The number of hydrogen-bond acceptors (Lipinski definition) is 3. The fourth-order valence-electron chi connectivity index (χ4n) is 1.71. The lowest BCUT2D eigenvalue weighted by molar-refractivity contribution is -0.115. The second-order valence-corrected chi connectivity index (χ2v) is 6.20. The second kappa shape index (κ2) is 7.42. The number of nitrogens with one attached hydrogen (secondary N) is 1. The van der Waals surface area contributed by atoms with Gasteiger partial charge in [-0.05, 0) is 46.3 Å². The SMILES string of the molecule is NC(=O)CSc1ccccc1NC(=O)c1cc(F)ccc1Br. The average Bonchev–Trinajstić information content (AvgIpc) is 2.48. The molecule has 22 heavy (non-hydrogen) atoms. The Hall–Kier alpha value is -1.86. The van der Waals surface area contributed by atoms with Gasteiger partial charge >= 0.3 is 0 Å². The number of para-hydroxylation sites is 1. The van der Waals surface area contributed by atoms with E-state index in [0.717, 1.165) is 6.07 Å². The van der Waals surface area contributed by atoms with Gasteiger partial charge in [0.1, 0.15) is 5.82 Å². The zero-order valence-electron chi connectivity index (χ0n) is 11.3. The number of benzene rings is 2. The van der Waals surface area contributed by atoms with Crippen LogP contribution in [0.1, 0.15) is 10.4 Å². The molecule has 2 aromatic carbocycles. The third kappa shape index (κ3) is 4.32. The van der Waals surface area contributed by atoms with Crippen LogP contribution in [-0.2, 0) is 4.79 Å². The van der Waals surface area contributed by atoms with Crippen LogP contribution in [0.5, 0.6) is 0 Å². The van der Waals surface area contributed by atoms with Crippen molar-refractivity contribution in [2.45, 2.75) is 4.90 Å². The third-order valence-electron chi connectivity index (χ3n) is 2.68. The summed E-state index contributed by atoms with van der Waals surface area (Å²) in [7, 11) is 0. The van der Waals surface area contributed by atoms with Crippen LogP contribution in [0.3, 0.4) is 0 Å². The Balaban J connectivity index is 2.21. The van der Waals surface area contributed by atoms with E-state index >= 15 is 0 Å². The number of carbonyl (C=O) groups is 2. The molecule has 0 unspecified atom stereocenters. The molecule has 0 spiro atoms. The average molecular weight is 383 g/mol. The molecule has 0 aromatic heterocycles. The molecule has 0 atom stereocenters. The highest BCUT2D eigenvalue weighted by Crippen LogP contribution is 2.28. The normalized spacial score (nSPS) is 10.3. The Kier molecular flexibility index (Phi) is 5.57. The van der Waals surface area contributed by atoms with Gasteiger partial charge in [0, 0.05) is 9.37 Å². The predicted octanol–water partition coefficient (Wildman–Crippen LogP) is 3.42. The van der Waals surface area contributed by atoms with Crippen molar-refractivity contribution in [1.82, 2.24) is 0 Å². The van der Waals surface area contributed by atoms with E-state index in [1.807, 2.05) is 0 Å². The summed E-state index contributed by atoms with van der Waals surface area (Å²) in [4.78, 5) is 23.9. The molecule has 0 aliphatic heterocycles. The first kappa shape index (κ1) is 16.5. The van der Waals surface area contributed by atoms with Crippen molar-refractivity contribution >= 4 is 45.2 Å². The van der Waals surface area contributed by atoms with Crippen molar-refractivity contribution in [1.29, 1.82) is 0 Å². The molecule has 0 radical (unpaired) electrons. The maximum absolute atomic E-state index is 13.3. The van der Waals surface area contributed by atoms with Crippen molar-refractivity contribution in [3.8, 4) is 0 Å². The van der Waals surface area contributed by atoms with E-state index in [1.165, 1.54) is 23.9 Å². The summed E-state index contributed by atoms with van der Waals surface area (Å²) in [6.45, 7) is 0. The topological polar surface area (TPSA) is 72.2 Å². The predicted molar refractivity (Wildman–Crippen MR) is 88.4 cm³/mol. The van der Waals surface area contributed by atoms with Crippen LogP contribution in [-0.4, -0.2) is 17.6 Å². The van der Waals surface area contributed by atoms with Gasteiger partial charge in [0.25, 0.3) is 5.91 Å². The fourth-order valence-corrected chi connectivity index (χ4v) is 2.88. The number of nitrogens with two attached hydrogens (primary N) is 1. The summed E-state index contributed by atoms with van der Waals surface area (Å²) in [5.74, 6) is -1.28. The maximum atomic E-state index is 13.3. The molecule has 4 nitrogen and oxygen atoms in total. The first-order valence-corrected chi connectivity index (χ1v) is 8.02. The quantitative estimate of drug-likeness (QED) is 0.778. The molecule has 7 heteroatoms. The summed E-state index contributed by atoms with van der Waals surface area (Å²) >= 11 is 4.44. The minimum atomic E-state index is -0.496. The number of anilines is 1. The molecule has 0 aliphatic carbocycles. The molecular formula is C15H12BrFN2O2S. The summed E-state index contributed by atoms with van der Waals surface area (Å²) in [6.07, 6.45) is 0. The van der Waals surface area contributed by atoms with E-state index in [9.17, 15) is 14.0 Å². The number of halogens is 2. The van der Waals surface area contributed by atoms with Gasteiger partial charge < -0.3 is 11.1 Å². The lowest BCUT2D eigenvalue weighted by Crippen LogP contribution is -2.15. The van der Waals surface area contributed by atoms with E-state index in [0.29, 0.717) is 15.1 Å². The maximum Gasteiger partial charge on any atom is 0.256 e. The molecule has 2 rings (SSSR count). The Bertz CT molecular complexity index is 724. The van der Waals surface area contributed by atoms with Gasteiger partial charge in [0.15, 0.2) is 0 Å². The number of primary amides is 1. The van der Waals surface area contributed by atoms with E-state index < -0.39 is 17.6 Å². The smallest absolute Gasteiger partial charge is 0.256 e. The number of hydrogen-bond donors (Lipinski definition) is 2. The van der Waals surface area contributed by atoms with Crippen LogP contribution in [0.25, 0.3) is 0 Å². The number of carbonyl (C=O) groups excluding carboxylic acids is 2. The van der Waals surface area contributed by atoms with Crippen molar-refractivity contribution < 1.29 is 14.0 Å². The molecule has 114 valence electrons. The van der Waals surface area contributed by atoms with Gasteiger partial charge in [0.2, 0.25) is 5.91 Å². The van der Waals surface area contributed by atoms with Crippen molar-refractivity contribution in [2.75, 3.05) is 11.1 Å². The molecule has 0 saturated carbocycles. The zero-order valence-corrected chi connectivity index (χ0v) is 13.7. The molecule has 0 fully saturated rings. The minimum absolute atomic E-state index is 0.108. The summed E-state index contributed by atoms with van der Waals surface area (Å²) in [5.41, 5.74) is 5.85. The third-order valence-corrected chi connectivity index (χ3v) is 4.47. The zero-order chi connectivity index (χ0) is 16.1. The standard InChI is InChI=1S/C15H12BrFN2O2S/c16-11-6-5-9(17)7-10(11)15(21)19-12-3-1-2-4-13(12)22-8-14(18)20/h1-7H,8H2,(H2,18,20)(H,19,21). The highest BCUT2D eigenvalue weighted by molar-refractivity contribution is 9.10. The highest BCUT2D eigenvalue weighted by Gasteiger charge is 2.13. The van der Waals surface area contributed by atoms with Gasteiger partial charge in [-0.1, -0.05) is 12.1 Å². The van der Waals surface area contributed by atoms with Gasteiger partial charge in [-0.3, -0.25) is 9.59 Å². The lowest BCUT2D eigenvalue weighted by Gasteiger charge is -2.11. The lowest BCUT2D eigenvalue weighted by atomic mass is 10.2. The van der Waals surface area contributed by atoms with Crippen molar-refractivity contribution in [2.24, 2.45) is 5.73 Å². The number of thioether (sulfide) groups is 1. The monoisotopic (exact) mass is 382 g/mol. The van der Waals surface area contributed by atoms with Crippen LogP contribution < -0.4 is 11.1 Å². The van der Waals surface area contributed by atoms with E-state index in [4.69, 9.17) is 5.73 Å². The van der Waals surface area contributed by atoms with Crippen LogP contribution in [0.15, 0.2) is 51.8 Å². The van der Waals surface area contributed by atoms with Crippen molar-refractivity contribution in [3.05, 3.63) is 58.3 Å². The first-order valence-electron chi connectivity index (χ1n) is 6.24. The molecule has 0 bridgehead atoms. The highest BCUT2D eigenvalue weighted by atomic mass is 79.9. The Labute approximate surface area is 139 Å². The van der Waals surface area contributed by atoms with E-state index in [2.05, 4.69) is 21.2 Å². The summed E-state index contributed by atoms with van der Waals surface area (Å²) < 4.78 is 13.8. The minimum Gasteiger partial charge on any atom is -0.369 e. The number of amides is 2. The van der Waals surface area contributed by atoms with Crippen molar-refractivity contribution in [3.63, 3.8) is 0 Å². The molecule has 2 amide bonds. The summed E-state index contributed by atoms with van der Waals surface area (Å²) in [6, 6.07) is 10.9. The molecule has 0 aliphatic rings. The molecule has 3 N–H and O–H groups in total. The van der Waals surface area contributed by atoms with E-state index in [1.54, 1.807) is 24.3 Å². The Morgan fingerprint density at radius 1 is 1.23 bits per heavy atom. The molecule has 2 aromatic rings. The van der Waals surface area contributed by atoms with Crippen LogP contribution in [0.2, 0.25) is 0 Å². The van der Waals surface area contributed by atoms with Crippen LogP contribution in [0, 0.1) is 5.82 Å². The van der Waals surface area contributed by atoms with Gasteiger partial charge in [-0.2, -0.15) is 0 Å². The Morgan fingerprint density at radius 3 is 2.68 bits per heavy atom. The molecule has 0 saturated heterocycles. The fraction of sp³-hybridized carbons (Fsp3) is 0.0667. The van der Waals surface area contributed by atoms with Crippen LogP contribution in [0.4, 0.5) is 10.1 Å². The van der Waals surface area contributed by atoms with Crippen LogP contribution >= 0.6 is 27.7 Å². The largest absolute Gasteiger partial charge is 0.369 e. The number of rotatable bonds is 5. The first-order chi connectivity index (χ1) is 10.5. The molecular weight excluding hydrogens is 371 g/mol. The van der Waals surface area contributed by atoms with Gasteiger partial charge in [-0.25, -0.2) is 4.39 Å². The molecule has 0 heterocycles. The second-order valence-electron chi connectivity index (χ2n) is 4.33.